The van der Waals surface area contributed by atoms with Crippen LogP contribution in [-0.4, -0.2) is 20.1 Å². The van der Waals surface area contributed by atoms with Crippen LogP contribution in [0.4, 0.5) is 5.69 Å². The van der Waals surface area contributed by atoms with Crippen molar-refractivity contribution in [2.75, 3.05) is 19.5 Å². The number of aryl methyl sites for hydroxylation is 4. The maximum atomic E-state index is 12.3. The van der Waals surface area contributed by atoms with E-state index < -0.39 is 0 Å². The Balaban J connectivity index is 2.04. The van der Waals surface area contributed by atoms with E-state index >= 15 is 0 Å². The summed E-state index contributed by atoms with van der Waals surface area (Å²) in [4.78, 5) is 12.3. The van der Waals surface area contributed by atoms with Gasteiger partial charge in [0, 0.05) is 18.2 Å². The largest absolute Gasteiger partial charge is 0.493 e. The molecule has 0 radical (unpaired) electrons. The van der Waals surface area contributed by atoms with Crippen LogP contribution < -0.4 is 14.8 Å². The predicted molar refractivity (Wildman–Crippen MR) is 97.1 cm³/mol. The van der Waals surface area contributed by atoms with Gasteiger partial charge in [0.15, 0.2) is 11.5 Å². The van der Waals surface area contributed by atoms with E-state index in [9.17, 15) is 4.79 Å². The molecule has 1 amide bonds. The van der Waals surface area contributed by atoms with Gasteiger partial charge in [0.1, 0.15) is 0 Å². The molecule has 0 saturated carbocycles. The average Bonchev–Trinajstić information content (AvgIpc) is 2.55. The molecule has 0 atom stereocenters. The molecule has 2 aromatic carbocycles. The van der Waals surface area contributed by atoms with E-state index in [0.717, 1.165) is 17.7 Å². The van der Waals surface area contributed by atoms with Crippen LogP contribution in [0.1, 0.15) is 28.7 Å². The first kappa shape index (κ1) is 17.9. The van der Waals surface area contributed by atoms with Crippen molar-refractivity contribution in [3.05, 3.63) is 52.6 Å². The number of amides is 1. The number of methoxy groups -OCH3 is 2. The van der Waals surface area contributed by atoms with Crippen LogP contribution in [0.3, 0.4) is 0 Å². The normalized spacial score (nSPS) is 10.4. The summed E-state index contributed by atoms with van der Waals surface area (Å²) in [6.07, 6.45) is 1.17. The SMILES string of the molecule is COc1cc(C)c(NC(=O)CCc2ccc(C)cc2C)cc1OC. The smallest absolute Gasteiger partial charge is 0.224 e. The minimum atomic E-state index is -0.00899. The maximum Gasteiger partial charge on any atom is 0.224 e. The second kappa shape index (κ2) is 7.86. The van der Waals surface area contributed by atoms with E-state index in [1.54, 1.807) is 20.3 Å². The summed E-state index contributed by atoms with van der Waals surface area (Å²) in [6, 6.07) is 9.98. The van der Waals surface area contributed by atoms with E-state index in [1.165, 1.54) is 16.7 Å². The Labute approximate surface area is 143 Å². The molecule has 0 unspecified atom stereocenters. The highest BCUT2D eigenvalue weighted by Crippen LogP contribution is 2.33. The highest BCUT2D eigenvalue weighted by Gasteiger charge is 2.11. The summed E-state index contributed by atoms with van der Waals surface area (Å²) in [7, 11) is 3.18. The summed E-state index contributed by atoms with van der Waals surface area (Å²) in [5, 5.41) is 2.96. The summed E-state index contributed by atoms with van der Waals surface area (Å²) in [6.45, 7) is 6.09. The Hall–Kier alpha value is -2.49. The third kappa shape index (κ3) is 4.28. The molecule has 0 heterocycles. The molecule has 1 N–H and O–H groups in total. The number of hydrogen-bond acceptors (Lipinski definition) is 3. The number of carbonyl (C=O) groups is 1. The van der Waals surface area contributed by atoms with Crippen molar-refractivity contribution in [3.63, 3.8) is 0 Å². The highest BCUT2D eigenvalue weighted by atomic mass is 16.5. The summed E-state index contributed by atoms with van der Waals surface area (Å²) in [5.74, 6) is 1.25. The van der Waals surface area contributed by atoms with Gasteiger partial charge in [0.05, 0.1) is 14.2 Å². The predicted octanol–water partition coefficient (Wildman–Crippen LogP) is 4.20. The second-order valence-electron chi connectivity index (χ2n) is 6.00. The molecular formula is C20H25NO3. The number of benzene rings is 2. The summed E-state index contributed by atoms with van der Waals surface area (Å²) in [5.41, 5.74) is 5.36. The van der Waals surface area contributed by atoms with Gasteiger partial charge in [0.2, 0.25) is 5.91 Å². The summed E-state index contributed by atoms with van der Waals surface area (Å²) < 4.78 is 10.6. The number of rotatable bonds is 6. The Morgan fingerprint density at radius 2 is 1.62 bits per heavy atom. The first-order valence-corrected chi connectivity index (χ1v) is 8.03. The number of nitrogens with one attached hydrogen (secondary N) is 1. The van der Waals surface area contributed by atoms with E-state index in [4.69, 9.17) is 9.47 Å². The van der Waals surface area contributed by atoms with E-state index in [1.807, 2.05) is 13.0 Å². The van der Waals surface area contributed by atoms with Gasteiger partial charge in [-0.3, -0.25) is 4.79 Å². The van der Waals surface area contributed by atoms with Crippen molar-refractivity contribution < 1.29 is 14.3 Å². The molecule has 24 heavy (non-hydrogen) atoms. The fraction of sp³-hybridized carbons (Fsp3) is 0.350. The molecule has 2 aromatic rings. The Bertz CT molecular complexity index is 738. The van der Waals surface area contributed by atoms with Crippen molar-refractivity contribution >= 4 is 11.6 Å². The minimum Gasteiger partial charge on any atom is -0.493 e. The van der Waals surface area contributed by atoms with Gasteiger partial charge in [-0.2, -0.15) is 0 Å². The zero-order valence-electron chi connectivity index (χ0n) is 15.0. The van der Waals surface area contributed by atoms with Crippen molar-refractivity contribution in [2.45, 2.75) is 33.6 Å². The van der Waals surface area contributed by atoms with Gasteiger partial charge < -0.3 is 14.8 Å². The van der Waals surface area contributed by atoms with Crippen LogP contribution in [0.15, 0.2) is 30.3 Å². The molecule has 2 rings (SSSR count). The standard InChI is InChI=1S/C20H25NO3/c1-13-6-7-16(14(2)10-13)8-9-20(22)21-17-12-19(24-5)18(23-4)11-15(17)3/h6-7,10-12H,8-9H2,1-5H3,(H,21,22). The first-order chi connectivity index (χ1) is 11.4. The molecule has 0 aromatic heterocycles. The number of anilines is 1. The zero-order valence-corrected chi connectivity index (χ0v) is 15.0. The van der Waals surface area contributed by atoms with Gasteiger partial charge >= 0.3 is 0 Å². The third-order valence-electron chi connectivity index (χ3n) is 4.12. The van der Waals surface area contributed by atoms with Crippen molar-refractivity contribution in [1.82, 2.24) is 0 Å². The average molecular weight is 327 g/mol. The van der Waals surface area contributed by atoms with Gasteiger partial charge in [-0.25, -0.2) is 0 Å². The van der Waals surface area contributed by atoms with Crippen LogP contribution in [-0.2, 0) is 11.2 Å². The van der Waals surface area contributed by atoms with Crippen molar-refractivity contribution in [3.8, 4) is 11.5 Å². The molecule has 128 valence electrons. The lowest BCUT2D eigenvalue weighted by molar-refractivity contribution is -0.116. The highest BCUT2D eigenvalue weighted by molar-refractivity contribution is 5.92. The molecule has 0 spiro atoms. The molecular weight excluding hydrogens is 302 g/mol. The fourth-order valence-electron chi connectivity index (χ4n) is 2.70. The maximum absolute atomic E-state index is 12.3. The Kier molecular flexibility index (Phi) is 5.85. The van der Waals surface area contributed by atoms with Crippen LogP contribution in [0, 0.1) is 20.8 Å². The quantitative estimate of drug-likeness (QED) is 0.865. The van der Waals surface area contributed by atoms with Gasteiger partial charge in [-0.15, -0.1) is 0 Å². The topological polar surface area (TPSA) is 47.6 Å². The fourth-order valence-corrected chi connectivity index (χ4v) is 2.70. The first-order valence-electron chi connectivity index (χ1n) is 8.03. The van der Waals surface area contributed by atoms with Gasteiger partial charge in [-0.1, -0.05) is 23.8 Å². The van der Waals surface area contributed by atoms with E-state index in [0.29, 0.717) is 17.9 Å². The lowest BCUT2D eigenvalue weighted by Gasteiger charge is -2.14. The molecule has 4 nitrogen and oxygen atoms in total. The number of carbonyl (C=O) groups excluding carboxylic acids is 1. The van der Waals surface area contributed by atoms with Gasteiger partial charge in [0.25, 0.3) is 0 Å². The number of ether oxygens (including phenoxy) is 2. The Morgan fingerprint density at radius 1 is 0.958 bits per heavy atom. The lowest BCUT2D eigenvalue weighted by Crippen LogP contribution is -2.13. The Morgan fingerprint density at radius 3 is 2.25 bits per heavy atom. The third-order valence-corrected chi connectivity index (χ3v) is 4.12. The lowest BCUT2D eigenvalue weighted by atomic mass is 10.0. The van der Waals surface area contributed by atoms with Crippen molar-refractivity contribution in [2.24, 2.45) is 0 Å². The molecule has 0 fully saturated rings. The monoisotopic (exact) mass is 327 g/mol. The van der Waals surface area contributed by atoms with Crippen LogP contribution >= 0.6 is 0 Å². The minimum absolute atomic E-state index is 0.00899. The molecule has 0 aliphatic heterocycles. The second-order valence-corrected chi connectivity index (χ2v) is 6.00. The van der Waals surface area contributed by atoms with Crippen LogP contribution in [0.2, 0.25) is 0 Å². The number of hydrogen-bond donors (Lipinski definition) is 1. The van der Waals surface area contributed by atoms with Gasteiger partial charge in [-0.05, 0) is 49.9 Å². The van der Waals surface area contributed by atoms with Crippen molar-refractivity contribution in [1.29, 1.82) is 0 Å². The molecule has 0 aliphatic carbocycles. The zero-order chi connectivity index (χ0) is 17.7. The van der Waals surface area contributed by atoms with Crippen LogP contribution in [0.5, 0.6) is 11.5 Å². The van der Waals surface area contributed by atoms with E-state index in [-0.39, 0.29) is 5.91 Å². The van der Waals surface area contributed by atoms with Crippen LogP contribution in [0.25, 0.3) is 0 Å². The molecule has 0 bridgehead atoms. The van der Waals surface area contributed by atoms with E-state index in [2.05, 4.69) is 37.4 Å². The summed E-state index contributed by atoms with van der Waals surface area (Å²) >= 11 is 0. The molecule has 0 aliphatic rings. The molecule has 0 saturated heterocycles. The molecule has 4 heteroatoms.